The summed E-state index contributed by atoms with van der Waals surface area (Å²) >= 11 is 0. The molecule has 1 saturated heterocycles. The lowest BCUT2D eigenvalue weighted by molar-refractivity contribution is 0.245. The average molecular weight is 633 g/mol. The number of fused-ring (bicyclic) bond motifs is 1. The van der Waals surface area contributed by atoms with Crippen molar-refractivity contribution < 1.29 is 14.3 Å². The summed E-state index contributed by atoms with van der Waals surface area (Å²) in [7, 11) is 0. The van der Waals surface area contributed by atoms with Crippen molar-refractivity contribution in [1.29, 1.82) is 0 Å². The minimum Gasteiger partial charge on any atom is -0.457 e. The Labute approximate surface area is 274 Å². The Balaban J connectivity index is 1.18. The molecule has 0 atom stereocenters. The molecule has 0 unspecified atom stereocenters. The molecule has 1 fully saturated rings. The maximum absolute atomic E-state index is 13.4. The number of hydrogen-bond acceptors (Lipinski definition) is 6. The van der Waals surface area contributed by atoms with Crippen molar-refractivity contribution in [3.05, 3.63) is 96.3 Å². The van der Waals surface area contributed by atoms with E-state index in [1.807, 2.05) is 73.7 Å². The van der Waals surface area contributed by atoms with Gasteiger partial charge in [-0.2, -0.15) is 5.10 Å². The van der Waals surface area contributed by atoms with Crippen LogP contribution in [-0.4, -0.2) is 46.0 Å². The first kappa shape index (κ1) is 31.6. The lowest BCUT2D eigenvalue weighted by Gasteiger charge is -2.23. The van der Waals surface area contributed by atoms with Gasteiger partial charge in [0.25, 0.3) is 0 Å². The van der Waals surface area contributed by atoms with E-state index in [2.05, 4.69) is 52.3 Å². The van der Waals surface area contributed by atoms with Crippen molar-refractivity contribution in [2.45, 2.75) is 52.0 Å². The number of nitrogens with zero attached hydrogens (tertiary/aromatic N) is 3. The maximum atomic E-state index is 13.4. The van der Waals surface area contributed by atoms with E-state index in [9.17, 15) is 9.59 Å². The minimum atomic E-state index is -0.398. The summed E-state index contributed by atoms with van der Waals surface area (Å²) in [5.74, 6) is 2.05. The van der Waals surface area contributed by atoms with E-state index in [1.54, 1.807) is 23.0 Å². The number of nitrogens with one attached hydrogen (secondary N) is 5. The number of pyridine rings is 1. The zero-order valence-electron chi connectivity index (χ0n) is 27.1. The van der Waals surface area contributed by atoms with Gasteiger partial charge in [0, 0.05) is 40.6 Å². The Bertz CT molecular complexity index is 1890. The van der Waals surface area contributed by atoms with Gasteiger partial charge in [-0.25, -0.2) is 19.3 Å². The lowest BCUT2D eigenvalue weighted by atomic mass is 9.92. The quantitative estimate of drug-likeness (QED) is 0.128. The number of amides is 4. The topological polar surface area (TPSA) is 134 Å². The number of piperidine rings is 1. The van der Waals surface area contributed by atoms with Crippen LogP contribution in [0, 0.1) is 6.92 Å². The molecule has 0 saturated carbocycles. The summed E-state index contributed by atoms with van der Waals surface area (Å²) in [4.78, 5) is 30.2. The second-order valence-electron chi connectivity index (χ2n) is 12.7. The molecule has 0 bridgehead atoms. The molecule has 0 spiro atoms. The monoisotopic (exact) mass is 632 g/mol. The lowest BCUT2D eigenvalue weighted by Crippen LogP contribution is -2.44. The second kappa shape index (κ2) is 13.5. The molecule has 1 aliphatic heterocycles. The Morgan fingerprint density at radius 1 is 0.872 bits per heavy atom. The number of aromatic nitrogens is 3. The largest absolute Gasteiger partial charge is 0.457 e. The number of ether oxygens (including phenoxy) is 1. The minimum absolute atomic E-state index is 0.132. The fourth-order valence-corrected chi connectivity index (χ4v) is 5.43. The SMILES string of the molecule is Cc1ccc(-n2nc(C(C)(C)C)cc2NC(=O)Nc2ccc(Oc3ccnc(NC(=O)NC4CCNCC4)c3)c3ccccc23)cc1. The fourth-order valence-electron chi connectivity index (χ4n) is 5.43. The number of aryl methyl sites for hydroxylation is 1. The van der Waals surface area contributed by atoms with Crippen LogP contribution in [-0.2, 0) is 5.41 Å². The van der Waals surface area contributed by atoms with E-state index < -0.39 is 6.03 Å². The summed E-state index contributed by atoms with van der Waals surface area (Å²) in [6.07, 6.45) is 3.37. The predicted octanol–water partition coefficient (Wildman–Crippen LogP) is 7.34. The molecule has 4 amide bonds. The van der Waals surface area contributed by atoms with Gasteiger partial charge in [0.05, 0.1) is 17.1 Å². The third-order valence-electron chi connectivity index (χ3n) is 8.01. The summed E-state index contributed by atoms with van der Waals surface area (Å²) in [6.45, 7) is 10.1. The van der Waals surface area contributed by atoms with Crippen LogP contribution < -0.4 is 31.3 Å². The number of carbonyl (C=O) groups is 2. The summed E-state index contributed by atoms with van der Waals surface area (Å²) < 4.78 is 8.02. The van der Waals surface area contributed by atoms with Gasteiger partial charge in [0.15, 0.2) is 0 Å². The molecule has 11 nitrogen and oxygen atoms in total. The van der Waals surface area contributed by atoms with Crippen molar-refractivity contribution in [1.82, 2.24) is 25.4 Å². The molecule has 242 valence electrons. The third-order valence-corrected chi connectivity index (χ3v) is 8.01. The molecule has 5 aromatic rings. The van der Waals surface area contributed by atoms with Gasteiger partial charge >= 0.3 is 12.1 Å². The van der Waals surface area contributed by atoms with Crippen LogP contribution in [0.25, 0.3) is 16.5 Å². The van der Waals surface area contributed by atoms with Gasteiger partial charge in [0.2, 0.25) is 0 Å². The highest BCUT2D eigenvalue weighted by molar-refractivity contribution is 6.07. The Morgan fingerprint density at radius 3 is 2.36 bits per heavy atom. The maximum Gasteiger partial charge on any atom is 0.324 e. The summed E-state index contributed by atoms with van der Waals surface area (Å²) in [5.41, 5.74) is 3.26. The highest BCUT2D eigenvalue weighted by Gasteiger charge is 2.22. The van der Waals surface area contributed by atoms with Crippen LogP contribution in [0.3, 0.4) is 0 Å². The van der Waals surface area contributed by atoms with Gasteiger partial charge in [0.1, 0.15) is 23.1 Å². The molecular weight excluding hydrogens is 592 g/mol. The molecule has 11 heteroatoms. The zero-order valence-corrected chi connectivity index (χ0v) is 27.1. The van der Waals surface area contributed by atoms with E-state index >= 15 is 0 Å². The molecular formula is C36H40N8O3. The standard InChI is InChI=1S/C36H40N8O3/c1-23-9-11-25(12-10-23)44-33(22-31(43-44)36(2,3)4)42-35(46)40-29-13-14-30(28-8-6-5-7-27(28)29)47-26-17-20-38-32(21-26)41-34(45)39-24-15-18-37-19-16-24/h5-14,17,20-22,24,37H,15-16,18-19H2,1-4H3,(H2,40,42,46)(H2,38,39,41,45). The van der Waals surface area contributed by atoms with Crippen LogP contribution in [0.4, 0.5) is 26.9 Å². The van der Waals surface area contributed by atoms with Gasteiger partial charge < -0.3 is 20.7 Å². The number of carbonyl (C=O) groups excluding carboxylic acids is 2. The van der Waals surface area contributed by atoms with E-state index in [-0.39, 0.29) is 17.5 Å². The smallest absolute Gasteiger partial charge is 0.324 e. The Kier molecular flexibility index (Phi) is 9.08. The van der Waals surface area contributed by atoms with Crippen LogP contribution in [0.1, 0.15) is 44.9 Å². The first-order valence-corrected chi connectivity index (χ1v) is 15.8. The van der Waals surface area contributed by atoms with E-state index in [4.69, 9.17) is 9.84 Å². The molecule has 3 aromatic carbocycles. The zero-order chi connectivity index (χ0) is 33.0. The van der Waals surface area contributed by atoms with Crippen molar-refractivity contribution in [2.75, 3.05) is 29.0 Å². The van der Waals surface area contributed by atoms with Crippen LogP contribution in [0.2, 0.25) is 0 Å². The van der Waals surface area contributed by atoms with Crippen LogP contribution >= 0.6 is 0 Å². The summed E-state index contributed by atoms with van der Waals surface area (Å²) in [6, 6.07) is 24.1. The number of hydrogen-bond donors (Lipinski definition) is 5. The normalized spacial score (nSPS) is 13.6. The van der Waals surface area contributed by atoms with Crippen molar-refractivity contribution >= 4 is 40.2 Å². The second-order valence-corrected chi connectivity index (χ2v) is 12.7. The van der Waals surface area contributed by atoms with E-state index in [0.29, 0.717) is 28.8 Å². The first-order chi connectivity index (χ1) is 22.6. The fraction of sp³-hybridized carbons (Fsp3) is 0.278. The van der Waals surface area contributed by atoms with Crippen molar-refractivity contribution in [2.24, 2.45) is 0 Å². The Hall–Kier alpha value is -5.42. The van der Waals surface area contributed by atoms with Gasteiger partial charge in [-0.1, -0.05) is 62.7 Å². The van der Waals surface area contributed by atoms with Crippen LogP contribution in [0.5, 0.6) is 11.5 Å². The molecule has 0 aliphatic carbocycles. The average Bonchev–Trinajstić information content (AvgIpc) is 3.47. The molecule has 47 heavy (non-hydrogen) atoms. The highest BCUT2D eigenvalue weighted by Crippen LogP contribution is 2.35. The van der Waals surface area contributed by atoms with Crippen molar-refractivity contribution in [3.8, 4) is 17.2 Å². The molecule has 5 N–H and O–H groups in total. The van der Waals surface area contributed by atoms with E-state index in [1.165, 1.54) is 0 Å². The number of benzene rings is 3. The first-order valence-electron chi connectivity index (χ1n) is 15.8. The molecule has 6 rings (SSSR count). The molecule has 2 aromatic heterocycles. The molecule has 3 heterocycles. The predicted molar refractivity (Wildman–Crippen MR) is 186 cm³/mol. The number of rotatable bonds is 7. The number of urea groups is 2. The van der Waals surface area contributed by atoms with Gasteiger partial charge in [-0.15, -0.1) is 0 Å². The Morgan fingerprint density at radius 2 is 1.62 bits per heavy atom. The van der Waals surface area contributed by atoms with Crippen molar-refractivity contribution in [3.63, 3.8) is 0 Å². The third kappa shape index (κ3) is 7.70. The highest BCUT2D eigenvalue weighted by atomic mass is 16.5. The van der Waals surface area contributed by atoms with Gasteiger partial charge in [-0.05, 0) is 63.2 Å². The molecule has 0 radical (unpaired) electrons. The summed E-state index contributed by atoms with van der Waals surface area (Å²) in [5, 5.41) is 21.5. The van der Waals surface area contributed by atoms with Gasteiger partial charge in [-0.3, -0.25) is 10.6 Å². The molecule has 1 aliphatic rings. The van der Waals surface area contributed by atoms with Crippen LogP contribution in [0.15, 0.2) is 85.1 Å². The number of anilines is 3. The van der Waals surface area contributed by atoms with E-state index in [0.717, 1.165) is 53.6 Å².